The van der Waals surface area contributed by atoms with Gasteiger partial charge >= 0.3 is 0 Å². The summed E-state index contributed by atoms with van der Waals surface area (Å²) in [5.74, 6) is 0.817. The molecular weight excluding hydrogens is 278 g/mol. The van der Waals surface area contributed by atoms with Gasteiger partial charge in [-0.05, 0) is 36.1 Å². The van der Waals surface area contributed by atoms with Crippen molar-refractivity contribution in [2.75, 3.05) is 32.8 Å². The smallest absolute Gasteiger partial charge is 0.122 e. The number of ether oxygens (including phenoxy) is 1. The topological polar surface area (TPSA) is 52.9 Å². The molecule has 0 radical (unpaired) electrons. The van der Waals surface area contributed by atoms with Crippen LogP contribution >= 0.6 is 0 Å². The van der Waals surface area contributed by atoms with Crippen molar-refractivity contribution in [3.63, 3.8) is 0 Å². The Balaban J connectivity index is 2.57. The summed E-state index contributed by atoms with van der Waals surface area (Å²) in [5.41, 5.74) is 2.48. The number of benzene rings is 1. The summed E-state index contributed by atoms with van der Waals surface area (Å²) in [6.07, 6.45) is -0.562. The summed E-state index contributed by atoms with van der Waals surface area (Å²) >= 11 is 0. The lowest BCUT2D eigenvalue weighted by molar-refractivity contribution is 0.0636. The van der Waals surface area contributed by atoms with Crippen LogP contribution in [0.2, 0.25) is 0 Å². The molecule has 2 N–H and O–H groups in total. The van der Waals surface area contributed by atoms with Crippen LogP contribution in [0.5, 0.6) is 5.75 Å². The van der Waals surface area contributed by atoms with Gasteiger partial charge in [0.2, 0.25) is 0 Å². The van der Waals surface area contributed by atoms with Gasteiger partial charge in [0, 0.05) is 13.1 Å². The van der Waals surface area contributed by atoms with Gasteiger partial charge in [0.15, 0.2) is 0 Å². The summed E-state index contributed by atoms with van der Waals surface area (Å²) in [5, 5.41) is 19.0. The highest BCUT2D eigenvalue weighted by molar-refractivity contribution is 5.38. The Hall–Kier alpha value is -1.10. The molecule has 0 saturated heterocycles. The molecule has 4 nitrogen and oxygen atoms in total. The number of hydrogen-bond donors (Lipinski definition) is 2. The molecule has 1 aromatic carbocycles. The maximum atomic E-state index is 10.1. The fourth-order valence-corrected chi connectivity index (χ4v) is 2.33. The third-order valence-electron chi connectivity index (χ3n) is 3.80. The van der Waals surface area contributed by atoms with Crippen molar-refractivity contribution in [3.8, 4) is 5.75 Å². The molecule has 0 bridgehead atoms. The quantitative estimate of drug-likeness (QED) is 0.774. The van der Waals surface area contributed by atoms with Gasteiger partial charge in [-0.25, -0.2) is 0 Å². The summed E-state index contributed by atoms with van der Waals surface area (Å²) in [6.45, 7) is 12.9. The fourth-order valence-electron chi connectivity index (χ4n) is 2.33. The van der Waals surface area contributed by atoms with Crippen LogP contribution in [-0.2, 0) is 5.41 Å². The molecule has 0 aromatic heterocycles. The zero-order valence-corrected chi connectivity index (χ0v) is 14.6. The number of nitrogens with zero attached hydrogens (tertiary/aromatic N) is 1. The van der Waals surface area contributed by atoms with Crippen molar-refractivity contribution in [3.05, 3.63) is 29.3 Å². The first-order valence-corrected chi connectivity index (χ1v) is 8.03. The molecular formula is C18H31NO3. The minimum absolute atomic E-state index is 0.106. The van der Waals surface area contributed by atoms with E-state index in [0.717, 1.165) is 17.9 Å². The van der Waals surface area contributed by atoms with Gasteiger partial charge in [-0.2, -0.15) is 0 Å². The van der Waals surface area contributed by atoms with Crippen molar-refractivity contribution in [2.24, 2.45) is 0 Å². The molecule has 0 heterocycles. The average molecular weight is 309 g/mol. The van der Waals surface area contributed by atoms with Crippen LogP contribution in [0.1, 0.15) is 38.8 Å². The molecule has 1 aromatic rings. The Morgan fingerprint density at radius 2 is 1.95 bits per heavy atom. The Bertz CT molecular complexity index is 454. The summed E-state index contributed by atoms with van der Waals surface area (Å²) < 4.78 is 5.75. The van der Waals surface area contributed by atoms with Crippen molar-refractivity contribution in [1.82, 2.24) is 4.90 Å². The highest BCUT2D eigenvalue weighted by Crippen LogP contribution is 2.27. The van der Waals surface area contributed by atoms with Gasteiger partial charge in [-0.15, -0.1) is 0 Å². The second kappa shape index (κ2) is 8.51. The van der Waals surface area contributed by atoms with E-state index < -0.39 is 6.10 Å². The van der Waals surface area contributed by atoms with E-state index in [9.17, 15) is 5.11 Å². The molecule has 0 aliphatic heterocycles. The molecule has 0 fully saturated rings. The van der Waals surface area contributed by atoms with Crippen molar-refractivity contribution in [1.29, 1.82) is 0 Å². The molecule has 4 heteroatoms. The summed E-state index contributed by atoms with van der Waals surface area (Å²) in [7, 11) is 0. The average Bonchev–Trinajstić information content (AvgIpc) is 2.44. The standard InChI is InChI=1S/C18H31NO3/c1-6-19(9-10-20)12-16(21)13-22-17-8-7-15(11-14(17)2)18(3,4)5/h7-8,11,16,20-21H,6,9-10,12-13H2,1-5H3/t16-/m0/s1. The van der Waals surface area contributed by atoms with Gasteiger partial charge in [0.05, 0.1) is 6.61 Å². The highest BCUT2D eigenvalue weighted by atomic mass is 16.5. The lowest BCUT2D eigenvalue weighted by atomic mass is 9.86. The fraction of sp³-hybridized carbons (Fsp3) is 0.667. The second-order valence-electron chi connectivity index (χ2n) is 6.81. The summed E-state index contributed by atoms with van der Waals surface area (Å²) in [4.78, 5) is 2.00. The Morgan fingerprint density at radius 3 is 2.45 bits per heavy atom. The zero-order chi connectivity index (χ0) is 16.8. The van der Waals surface area contributed by atoms with E-state index in [4.69, 9.17) is 9.84 Å². The molecule has 0 aliphatic rings. The van der Waals surface area contributed by atoms with E-state index in [1.165, 1.54) is 5.56 Å². The molecule has 22 heavy (non-hydrogen) atoms. The van der Waals surface area contributed by atoms with E-state index in [0.29, 0.717) is 13.1 Å². The number of aliphatic hydroxyl groups is 2. The lowest BCUT2D eigenvalue weighted by Crippen LogP contribution is -2.37. The van der Waals surface area contributed by atoms with Crippen LogP contribution in [0, 0.1) is 6.92 Å². The van der Waals surface area contributed by atoms with Crippen molar-refractivity contribution >= 4 is 0 Å². The maximum Gasteiger partial charge on any atom is 0.122 e. The highest BCUT2D eigenvalue weighted by Gasteiger charge is 2.16. The predicted octanol–water partition coefficient (Wildman–Crippen LogP) is 2.35. The number of aliphatic hydroxyl groups excluding tert-OH is 2. The van der Waals surface area contributed by atoms with Gasteiger partial charge in [0.1, 0.15) is 18.5 Å². The Kier molecular flexibility index (Phi) is 7.33. The molecule has 0 saturated carbocycles. The van der Waals surface area contributed by atoms with Gasteiger partial charge in [0.25, 0.3) is 0 Å². The third kappa shape index (κ3) is 5.95. The van der Waals surface area contributed by atoms with Crippen molar-refractivity contribution < 1.29 is 14.9 Å². The van der Waals surface area contributed by atoms with E-state index in [1.54, 1.807) is 0 Å². The van der Waals surface area contributed by atoms with Crippen molar-refractivity contribution in [2.45, 2.75) is 46.1 Å². The first-order valence-electron chi connectivity index (χ1n) is 8.03. The number of rotatable bonds is 8. The molecule has 0 aliphatic carbocycles. The van der Waals surface area contributed by atoms with Crippen LogP contribution in [0.4, 0.5) is 0 Å². The number of hydrogen-bond acceptors (Lipinski definition) is 4. The Morgan fingerprint density at radius 1 is 1.27 bits per heavy atom. The molecule has 1 atom stereocenters. The largest absolute Gasteiger partial charge is 0.491 e. The summed E-state index contributed by atoms with van der Waals surface area (Å²) in [6, 6.07) is 6.21. The number of aryl methyl sites for hydroxylation is 1. The third-order valence-corrected chi connectivity index (χ3v) is 3.80. The monoisotopic (exact) mass is 309 g/mol. The SMILES string of the molecule is CCN(CCO)C[C@H](O)COc1ccc(C(C)(C)C)cc1C. The Labute approximate surface area is 134 Å². The minimum Gasteiger partial charge on any atom is -0.491 e. The first kappa shape index (κ1) is 18.9. The van der Waals surface area contributed by atoms with Crippen LogP contribution in [-0.4, -0.2) is 54.1 Å². The van der Waals surface area contributed by atoms with Gasteiger partial charge < -0.3 is 14.9 Å². The zero-order valence-electron chi connectivity index (χ0n) is 14.6. The van der Waals surface area contributed by atoms with Crippen LogP contribution in [0.15, 0.2) is 18.2 Å². The lowest BCUT2D eigenvalue weighted by Gasteiger charge is -2.23. The normalized spacial score (nSPS) is 13.5. The van der Waals surface area contributed by atoms with Crippen LogP contribution < -0.4 is 4.74 Å². The second-order valence-corrected chi connectivity index (χ2v) is 6.81. The van der Waals surface area contributed by atoms with Gasteiger partial charge in [-0.3, -0.25) is 4.90 Å². The van der Waals surface area contributed by atoms with Gasteiger partial charge in [-0.1, -0.05) is 39.8 Å². The van der Waals surface area contributed by atoms with Crippen LogP contribution in [0.25, 0.3) is 0 Å². The molecule has 0 unspecified atom stereocenters. The number of likely N-dealkylation sites (N-methyl/N-ethyl adjacent to an activating group) is 1. The van der Waals surface area contributed by atoms with E-state index in [1.807, 2.05) is 24.8 Å². The molecule has 0 spiro atoms. The van der Waals surface area contributed by atoms with Crippen LogP contribution in [0.3, 0.4) is 0 Å². The molecule has 0 amide bonds. The molecule has 126 valence electrons. The van der Waals surface area contributed by atoms with E-state index >= 15 is 0 Å². The predicted molar refractivity (Wildman–Crippen MR) is 90.6 cm³/mol. The van der Waals surface area contributed by atoms with E-state index in [-0.39, 0.29) is 18.6 Å². The molecule has 1 rings (SSSR count). The minimum atomic E-state index is -0.562. The van der Waals surface area contributed by atoms with E-state index in [2.05, 4.69) is 32.9 Å². The first-order chi connectivity index (χ1) is 10.3. The maximum absolute atomic E-state index is 10.1.